The molecule has 25 heavy (non-hydrogen) atoms. The Labute approximate surface area is 146 Å². The van der Waals surface area contributed by atoms with Crippen molar-refractivity contribution in [3.05, 3.63) is 29.8 Å². The lowest BCUT2D eigenvalue weighted by Crippen LogP contribution is -2.51. The summed E-state index contributed by atoms with van der Waals surface area (Å²) in [5.41, 5.74) is 1.73. The van der Waals surface area contributed by atoms with Crippen molar-refractivity contribution in [2.24, 2.45) is 5.92 Å². The van der Waals surface area contributed by atoms with Crippen molar-refractivity contribution in [2.45, 2.75) is 25.3 Å². The summed E-state index contributed by atoms with van der Waals surface area (Å²) in [6.07, 6.45) is 1.84. The van der Waals surface area contributed by atoms with Crippen molar-refractivity contribution < 1.29 is 14.4 Å². The highest BCUT2D eigenvalue weighted by molar-refractivity contribution is 6.03. The lowest BCUT2D eigenvalue weighted by atomic mass is 9.98. The first-order chi connectivity index (χ1) is 12.1. The number of nitrogens with one attached hydrogen (secondary N) is 2. The van der Waals surface area contributed by atoms with Crippen LogP contribution in [0, 0.1) is 5.92 Å². The fraction of sp³-hybridized carbons (Fsp3) is 0.500. The number of rotatable bonds is 3. The van der Waals surface area contributed by atoms with Gasteiger partial charge in [0.05, 0.1) is 5.92 Å². The lowest BCUT2D eigenvalue weighted by Gasteiger charge is -2.34. The number of carbonyl (C=O) groups excluding carboxylic acids is 3. The zero-order valence-corrected chi connectivity index (χ0v) is 14.0. The SMILES string of the molecule is O=C1CC(Cc2ccc(NC(=O)N3CCN4CCC3C4)cc2)C(=O)N1. The quantitative estimate of drug-likeness (QED) is 0.797. The minimum atomic E-state index is -0.286. The van der Waals surface area contributed by atoms with Gasteiger partial charge in [-0.05, 0) is 30.5 Å². The molecule has 3 aliphatic rings. The van der Waals surface area contributed by atoms with Gasteiger partial charge in [0.25, 0.3) is 0 Å². The monoisotopic (exact) mass is 342 g/mol. The van der Waals surface area contributed by atoms with Crippen LogP contribution < -0.4 is 10.6 Å². The maximum atomic E-state index is 12.5. The number of nitrogens with zero attached hydrogens (tertiary/aromatic N) is 2. The Bertz CT molecular complexity index is 703. The summed E-state index contributed by atoms with van der Waals surface area (Å²) < 4.78 is 0. The molecule has 0 saturated carbocycles. The third-order valence-electron chi connectivity index (χ3n) is 5.36. The highest BCUT2D eigenvalue weighted by Crippen LogP contribution is 2.22. The summed E-state index contributed by atoms with van der Waals surface area (Å²) in [5.74, 6) is -0.685. The van der Waals surface area contributed by atoms with Gasteiger partial charge in [0.1, 0.15) is 0 Å². The predicted molar refractivity (Wildman–Crippen MR) is 92.0 cm³/mol. The Kier molecular flexibility index (Phi) is 4.17. The van der Waals surface area contributed by atoms with Crippen molar-refractivity contribution >= 4 is 23.5 Å². The van der Waals surface area contributed by atoms with Gasteiger partial charge in [-0.15, -0.1) is 0 Å². The normalized spacial score (nSPS) is 28.2. The van der Waals surface area contributed by atoms with Gasteiger partial charge in [0.2, 0.25) is 11.8 Å². The van der Waals surface area contributed by atoms with E-state index in [2.05, 4.69) is 15.5 Å². The van der Waals surface area contributed by atoms with Crippen LogP contribution in [0.4, 0.5) is 10.5 Å². The van der Waals surface area contributed by atoms with Gasteiger partial charge >= 0.3 is 6.03 Å². The number of anilines is 1. The minimum absolute atomic E-state index is 0.0416. The smallest absolute Gasteiger partial charge is 0.319 e. The number of piperazine rings is 1. The van der Waals surface area contributed by atoms with Crippen LogP contribution in [0.1, 0.15) is 18.4 Å². The van der Waals surface area contributed by atoms with Crippen molar-refractivity contribution in [1.82, 2.24) is 15.1 Å². The fourth-order valence-corrected chi connectivity index (χ4v) is 3.94. The molecule has 1 aromatic carbocycles. The van der Waals surface area contributed by atoms with E-state index in [-0.39, 0.29) is 30.2 Å². The molecule has 3 aliphatic heterocycles. The standard InChI is InChI=1S/C18H22N4O3/c23-16-10-13(17(24)20-16)9-12-1-3-14(4-2-12)19-18(25)22-8-7-21-6-5-15(22)11-21/h1-4,13,15H,5-11H2,(H,19,25)(H,20,23,24). The van der Waals surface area contributed by atoms with E-state index < -0.39 is 0 Å². The summed E-state index contributed by atoms with van der Waals surface area (Å²) in [6, 6.07) is 7.80. The van der Waals surface area contributed by atoms with Gasteiger partial charge in [-0.1, -0.05) is 12.1 Å². The van der Waals surface area contributed by atoms with Crippen molar-refractivity contribution in [2.75, 3.05) is 31.5 Å². The highest BCUT2D eigenvalue weighted by Gasteiger charge is 2.35. The van der Waals surface area contributed by atoms with Gasteiger partial charge in [-0.2, -0.15) is 0 Å². The molecular formula is C18H22N4O3. The third kappa shape index (κ3) is 3.37. The first kappa shape index (κ1) is 16.1. The average molecular weight is 342 g/mol. The van der Waals surface area contributed by atoms with Crippen LogP contribution in [-0.4, -0.2) is 59.9 Å². The zero-order valence-electron chi connectivity index (χ0n) is 14.0. The zero-order chi connectivity index (χ0) is 17.4. The van der Waals surface area contributed by atoms with E-state index in [1.807, 2.05) is 29.2 Å². The molecule has 2 N–H and O–H groups in total. The summed E-state index contributed by atoms with van der Waals surface area (Å²) in [7, 11) is 0. The number of imide groups is 1. The van der Waals surface area contributed by atoms with Gasteiger partial charge in [0, 0.05) is 44.3 Å². The third-order valence-corrected chi connectivity index (χ3v) is 5.36. The second kappa shape index (κ2) is 6.48. The van der Waals surface area contributed by atoms with E-state index in [1.54, 1.807) is 0 Å². The van der Waals surface area contributed by atoms with E-state index in [0.717, 1.165) is 43.9 Å². The summed E-state index contributed by atoms with van der Waals surface area (Å²) in [6.45, 7) is 3.79. The maximum absolute atomic E-state index is 12.5. The van der Waals surface area contributed by atoms with Crippen LogP contribution in [0.15, 0.2) is 24.3 Å². The molecule has 0 aromatic heterocycles. The first-order valence-corrected chi connectivity index (χ1v) is 8.81. The maximum Gasteiger partial charge on any atom is 0.322 e. The number of amides is 4. The van der Waals surface area contributed by atoms with Gasteiger partial charge in [-0.25, -0.2) is 4.79 Å². The van der Waals surface area contributed by atoms with Crippen LogP contribution in [0.25, 0.3) is 0 Å². The summed E-state index contributed by atoms with van der Waals surface area (Å²) in [4.78, 5) is 39.7. The van der Waals surface area contributed by atoms with E-state index in [0.29, 0.717) is 12.5 Å². The molecule has 2 bridgehead atoms. The second-order valence-electron chi connectivity index (χ2n) is 7.08. The van der Waals surface area contributed by atoms with Crippen molar-refractivity contribution in [1.29, 1.82) is 0 Å². The predicted octanol–water partition coefficient (Wildman–Crippen LogP) is 0.814. The molecule has 3 fully saturated rings. The number of hydrogen-bond donors (Lipinski definition) is 2. The van der Waals surface area contributed by atoms with E-state index in [9.17, 15) is 14.4 Å². The molecule has 132 valence electrons. The van der Waals surface area contributed by atoms with E-state index in [1.165, 1.54) is 0 Å². The number of urea groups is 1. The van der Waals surface area contributed by atoms with Gasteiger partial charge in [-0.3, -0.25) is 19.8 Å². The topological polar surface area (TPSA) is 81.8 Å². The molecule has 4 rings (SSSR count). The molecule has 3 unspecified atom stereocenters. The Hall–Kier alpha value is -2.41. The average Bonchev–Trinajstić information content (AvgIpc) is 3.11. The molecule has 0 aliphatic carbocycles. The largest absolute Gasteiger partial charge is 0.322 e. The van der Waals surface area contributed by atoms with Gasteiger partial charge in [0.15, 0.2) is 0 Å². The van der Waals surface area contributed by atoms with Crippen LogP contribution in [0.3, 0.4) is 0 Å². The first-order valence-electron chi connectivity index (χ1n) is 8.81. The number of benzene rings is 1. The lowest BCUT2D eigenvalue weighted by molar-refractivity contribution is -0.125. The van der Waals surface area contributed by atoms with Crippen molar-refractivity contribution in [3.63, 3.8) is 0 Å². The Morgan fingerprint density at radius 2 is 1.96 bits per heavy atom. The molecule has 1 aromatic rings. The fourth-order valence-electron chi connectivity index (χ4n) is 3.94. The highest BCUT2D eigenvalue weighted by atomic mass is 16.2. The Balaban J connectivity index is 1.35. The second-order valence-corrected chi connectivity index (χ2v) is 7.08. The molecule has 0 radical (unpaired) electrons. The minimum Gasteiger partial charge on any atom is -0.319 e. The summed E-state index contributed by atoms with van der Waals surface area (Å²) >= 11 is 0. The molecule has 7 nitrogen and oxygen atoms in total. The number of carbonyl (C=O) groups is 3. The van der Waals surface area contributed by atoms with Crippen LogP contribution >= 0.6 is 0 Å². The Morgan fingerprint density at radius 1 is 1.16 bits per heavy atom. The number of hydrogen-bond acceptors (Lipinski definition) is 4. The van der Waals surface area contributed by atoms with Crippen LogP contribution in [-0.2, 0) is 16.0 Å². The molecule has 7 heteroatoms. The molecular weight excluding hydrogens is 320 g/mol. The molecule has 0 spiro atoms. The van der Waals surface area contributed by atoms with Crippen LogP contribution in [0.5, 0.6) is 0 Å². The molecule has 4 amide bonds. The Morgan fingerprint density at radius 3 is 2.68 bits per heavy atom. The van der Waals surface area contributed by atoms with Crippen LogP contribution in [0.2, 0.25) is 0 Å². The van der Waals surface area contributed by atoms with Crippen molar-refractivity contribution in [3.8, 4) is 0 Å². The van der Waals surface area contributed by atoms with E-state index >= 15 is 0 Å². The number of fused-ring (bicyclic) bond motifs is 2. The molecule has 3 saturated heterocycles. The summed E-state index contributed by atoms with van der Waals surface area (Å²) in [5, 5.41) is 5.30. The molecule has 3 atom stereocenters. The van der Waals surface area contributed by atoms with E-state index in [4.69, 9.17) is 0 Å². The van der Waals surface area contributed by atoms with Gasteiger partial charge < -0.3 is 10.2 Å². The molecule has 3 heterocycles.